The molecule has 1 aliphatic rings. The number of fused-ring (bicyclic) bond motifs is 1. The molecule has 2 aromatic heterocycles. The number of hydrogen-bond acceptors (Lipinski definition) is 9. The van der Waals surface area contributed by atoms with E-state index in [4.69, 9.17) is 10.5 Å². The fourth-order valence-electron chi connectivity index (χ4n) is 6.49. The van der Waals surface area contributed by atoms with Crippen molar-refractivity contribution >= 4 is 34.6 Å². The third-order valence-corrected chi connectivity index (χ3v) is 9.27. The first-order valence-electron chi connectivity index (χ1n) is 17.1. The Bertz CT molecular complexity index is 2050. The minimum atomic E-state index is -0.989. The Morgan fingerprint density at radius 2 is 1.65 bits per heavy atom. The summed E-state index contributed by atoms with van der Waals surface area (Å²) >= 11 is 0. The zero-order valence-corrected chi connectivity index (χ0v) is 29.2. The largest absolute Gasteiger partial charge is 0.444 e. The molecule has 2 heterocycles. The number of H-pyrrole nitrogens is 2. The van der Waals surface area contributed by atoms with Gasteiger partial charge in [0.05, 0.1) is 22.8 Å². The Labute approximate surface area is 294 Å². The van der Waals surface area contributed by atoms with E-state index < -0.39 is 23.6 Å². The molecular formula is C37H43N9O5. The van der Waals surface area contributed by atoms with Gasteiger partial charge in [0.15, 0.2) is 0 Å². The standard InChI is InChI=1S/C37H43N9O5/c1-37(2,3)51-36(50)39-21-23-7-11-26(12-8-23)33(47)46(28-16-13-25(14-17-28)32-41-43-44-42-32)34(48)29(38)19-22-5-9-24(10-6-22)27-15-18-30-31(20-27)45(4)35(49)40-30/h5-6,9-10,13-18,20,23,26,29H,7-8,11-12,19,21,38H2,1-4H3,(H,39,50)(H,40,49)(H,41,42,43,44)/t23-,26-,29-/m0/s1. The lowest BCUT2D eigenvalue weighted by atomic mass is 9.81. The Kier molecular flexibility index (Phi) is 10.1. The van der Waals surface area contributed by atoms with E-state index >= 15 is 0 Å². The van der Waals surface area contributed by atoms with Gasteiger partial charge in [0.1, 0.15) is 5.60 Å². The number of rotatable bonds is 9. The smallest absolute Gasteiger partial charge is 0.407 e. The highest BCUT2D eigenvalue weighted by molar-refractivity contribution is 6.17. The summed E-state index contributed by atoms with van der Waals surface area (Å²) in [5.74, 6) is -0.592. The molecule has 51 heavy (non-hydrogen) atoms. The SMILES string of the molecule is Cn1c(=O)[nH]c2ccc(-c3ccc(C[C@H](N)C(=O)N(c4ccc(-c5nn[nH]n5)cc4)C(=O)[C@H]4CC[C@H](CNC(=O)OC(C)(C)C)CC4)cc3)cc21. The number of imidazole rings is 1. The Morgan fingerprint density at radius 1 is 0.980 bits per heavy atom. The maximum atomic E-state index is 14.2. The van der Waals surface area contributed by atoms with Crippen molar-refractivity contribution in [2.24, 2.45) is 24.6 Å². The third-order valence-electron chi connectivity index (χ3n) is 9.27. The first-order valence-corrected chi connectivity index (χ1v) is 17.1. The van der Waals surface area contributed by atoms with Crippen LogP contribution in [-0.2, 0) is 27.8 Å². The molecule has 0 bridgehead atoms. The molecule has 1 atom stereocenters. The number of imide groups is 1. The number of anilines is 1. The molecule has 266 valence electrons. The highest BCUT2D eigenvalue weighted by atomic mass is 16.6. The number of carbonyl (C=O) groups is 3. The molecule has 14 heteroatoms. The second-order valence-corrected chi connectivity index (χ2v) is 14.1. The number of aryl methyl sites for hydroxylation is 1. The molecular weight excluding hydrogens is 650 g/mol. The summed E-state index contributed by atoms with van der Waals surface area (Å²) in [6.07, 6.45) is 2.34. The van der Waals surface area contributed by atoms with Crippen LogP contribution < -0.4 is 21.6 Å². The lowest BCUT2D eigenvalue weighted by molar-refractivity contribution is -0.130. The third kappa shape index (κ3) is 8.23. The summed E-state index contributed by atoms with van der Waals surface area (Å²) in [6, 6.07) is 19.4. The second-order valence-electron chi connectivity index (χ2n) is 14.1. The topological polar surface area (TPSA) is 194 Å². The van der Waals surface area contributed by atoms with E-state index in [1.165, 1.54) is 4.90 Å². The van der Waals surface area contributed by atoms with Gasteiger partial charge in [0.2, 0.25) is 11.7 Å². The fourth-order valence-corrected chi connectivity index (χ4v) is 6.49. The van der Waals surface area contributed by atoms with Crippen LogP contribution in [0.4, 0.5) is 10.5 Å². The van der Waals surface area contributed by atoms with E-state index in [0.717, 1.165) is 40.6 Å². The summed E-state index contributed by atoms with van der Waals surface area (Å²) in [4.78, 5) is 56.5. The summed E-state index contributed by atoms with van der Waals surface area (Å²) < 4.78 is 6.92. The highest BCUT2D eigenvalue weighted by Gasteiger charge is 2.35. The van der Waals surface area contributed by atoms with Crippen LogP contribution in [0.25, 0.3) is 33.5 Å². The normalized spacial score (nSPS) is 16.8. The van der Waals surface area contributed by atoms with Crippen molar-refractivity contribution in [3.8, 4) is 22.5 Å². The molecule has 0 unspecified atom stereocenters. The van der Waals surface area contributed by atoms with Crippen LogP contribution >= 0.6 is 0 Å². The number of aromatic amines is 2. The molecule has 3 aromatic carbocycles. The number of benzene rings is 3. The number of ether oxygens (including phenoxy) is 1. The van der Waals surface area contributed by atoms with Gasteiger partial charge in [-0.25, -0.2) is 14.5 Å². The number of nitrogens with zero attached hydrogens (tertiary/aromatic N) is 5. The van der Waals surface area contributed by atoms with E-state index in [1.807, 2.05) is 63.2 Å². The van der Waals surface area contributed by atoms with E-state index in [1.54, 1.807) is 35.9 Å². The van der Waals surface area contributed by atoms with Crippen molar-refractivity contribution < 1.29 is 19.1 Å². The second kappa shape index (κ2) is 14.7. The number of hydrogen-bond donors (Lipinski definition) is 4. The first-order chi connectivity index (χ1) is 24.4. The van der Waals surface area contributed by atoms with Crippen LogP contribution in [0.5, 0.6) is 0 Å². The highest BCUT2D eigenvalue weighted by Crippen LogP contribution is 2.32. The fraction of sp³-hybridized carbons (Fsp3) is 0.378. The molecule has 3 amide bonds. The van der Waals surface area contributed by atoms with Crippen LogP contribution in [0, 0.1) is 11.8 Å². The van der Waals surface area contributed by atoms with Crippen LogP contribution in [-0.4, -0.2) is 66.3 Å². The number of carbonyl (C=O) groups excluding carboxylic acids is 3. The number of amides is 3. The van der Waals surface area contributed by atoms with Gasteiger partial charge in [-0.15, -0.1) is 10.2 Å². The summed E-state index contributed by atoms with van der Waals surface area (Å²) in [7, 11) is 1.72. The Morgan fingerprint density at radius 3 is 2.29 bits per heavy atom. The molecule has 1 aliphatic carbocycles. The zero-order chi connectivity index (χ0) is 36.3. The van der Waals surface area contributed by atoms with Crippen LogP contribution in [0.15, 0.2) is 71.5 Å². The van der Waals surface area contributed by atoms with E-state index in [9.17, 15) is 19.2 Å². The lowest BCUT2D eigenvalue weighted by Gasteiger charge is -2.32. The van der Waals surface area contributed by atoms with E-state index in [-0.39, 0.29) is 29.9 Å². The number of nitrogens with two attached hydrogens (primary N) is 1. The van der Waals surface area contributed by atoms with Crippen molar-refractivity contribution in [1.82, 2.24) is 35.5 Å². The van der Waals surface area contributed by atoms with Gasteiger partial charge >= 0.3 is 11.8 Å². The van der Waals surface area contributed by atoms with Gasteiger partial charge in [-0.05, 0) is 117 Å². The van der Waals surface area contributed by atoms with Gasteiger partial charge in [0, 0.05) is 25.1 Å². The number of alkyl carbamates (subject to hydrolysis) is 1. The number of tetrazole rings is 1. The Hall–Kier alpha value is -5.63. The molecule has 14 nitrogen and oxygen atoms in total. The molecule has 5 aromatic rings. The van der Waals surface area contributed by atoms with Crippen LogP contribution in [0.2, 0.25) is 0 Å². The lowest BCUT2D eigenvalue weighted by Crippen LogP contribution is -2.50. The van der Waals surface area contributed by atoms with Gasteiger partial charge in [-0.3, -0.25) is 14.2 Å². The minimum Gasteiger partial charge on any atom is -0.444 e. The van der Waals surface area contributed by atoms with Gasteiger partial charge in [0.25, 0.3) is 5.91 Å². The minimum absolute atomic E-state index is 0.174. The monoisotopic (exact) mass is 693 g/mol. The van der Waals surface area contributed by atoms with Crippen molar-refractivity contribution in [3.63, 3.8) is 0 Å². The molecule has 0 saturated heterocycles. The van der Waals surface area contributed by atoms with Gasteiger partial charge in [-0.2, -0.15) is 5.21 Å². The molecule has 0 spiro atoms. The molecule has 6 rings (SSSR count). The number of aromatic nitrogens is 6. The summed E-state index contributed by atoms with van der Waals surface area (Å²) in [5.41, 5.74) is 11.2. The first kappa shape index (κ1) is 35.2. The molecule has 5 N–H and O–H groups in total. The summed E-state index contributed by atoms with van der Waals surface area (Å²) in [5, 5.41) is 16.9. The number of nitrogens with one attached hydrogen (secondary N) is 3. The predicted octanol–water partition coefficient (Wildman–Crippen LogP) is 4.47. The summed E-state index contributed by atoms with van der Waals surface area (Å²) in [6.45, 7) is 5.90. The predicted molar refractivity (Wildman–Crippen MR) is 192 cm³/mol. The van der Waals surface area contributed by atoms with Crippen molar-refractivity contribution in [1.29, 1.82) is 0 Å². The molecule has 1 saturated carbocycles. The van der Waals surface area contributed by atoms with Crippen molar-refractivity contribution in [2.75, 3.05) is 11.4 Å². The molecule has 0 radical (unpaired) electrons. The maximum Gasteiger partial charge on any atom is 0.407 e. The molecule has 0 aliphatic heterocycles. The van der Waals surface area contributed by atoms with Crippen LogP contribution in [0.1, 0.15) is 52.0 Å². The van der Waals surface area contributed by atoms with E-state index in [0.29, 0.717) is 36.5 Å². The van der Waals surface area contributed by atoms with Crippen molar-refractivity contribution in [3.05, 3.63) is 82.8 Å². The van der Waals surface area contributed by atoms with Crippen molar-refractivity contribution in [2.45, 2.75) is 64.5 Å². The molecule has 1 fully saturated rings. The van der Waals surface area contributed by atoms with E-state index in [2.05, 4.69) is 30.9 Å². The zero-order valence-electron chi connectivity index (χ0n) is 29.2. The average Bonchev–Trinajstić information content (AvgIpc) is 3.75. The quantitative estimate of drug-likeness (QED) is 0.172. The maximum absolute atomic E-state index is 14.2. The average molecular weight is 694 g/mol. The van der Waals surface area contributed by atoms with Gasteiger partial charge < -0.3 is 20.8 Å². The Balaban J connectivity index is 1.15. The van der Waals surface area contributed by atoms with Gasteiger partial charge in [-0.1, -0.05) is 30.3 Å². The van der Waals surface area contributed by atoms with Crippen LogP contribution in [0.3, 0.4) is 0 Å².